The highest BCUT2D eigenvalue weighted by Crippen LogP contribution is 2.40. The first-order chi connectivity index (χ1) is 30.6. The van der Waals surface area contributed by atoms with Crippen molar-refractivity contribution in [2.24, 2.45) is 0 Å². The predicted molar refractivity (Wildman–Crippen MR) is 257 cm³/mol. The van der Waals surface area contributed by atoms with Crippen molar-refractivity contribution in [3.8, 4) is 22.5 Å². The van der Waals surface area contributed by atoms with E-state index in [1.54, 1.807) is 4.90 Å². The predicted octanol–water partition coefficient (Wildman–Crippen LogP) is 14.3. The minimum Gasteiger partial charge on any atom is -0.456 e. The van der Waals surface area contributed by atoms with Gasteiger partial charge >= 0.3 is 0 Å². The van der Waals surface area contributed by atoms with Crippen LogP contribution in [0.1, 0.15) is 11.1 Å². The monoisotopic (exact) mass is 795 g/mol. The molecule has 0 bridgehead atoms. The van der Waals surface area contributed by atoms with Crippen LogP contribution in [0.2, 0.25) is 0 Å². The van der Waals surface area contributed by atoms with E-state index >= 15 is 0 Å². The molecule has 0 spiro atoms. The van der Waals surface area contributed by atoms with Crippen LogP contribution in [0.4, 0.5) is 5.69 Å². The molecule has 0 unspecified atom stereocenters. The quantitative estimate of drug-likeness (QED) is 0.130. The molecule has 0 saturated carbocycles. The van der Waals surface area contributed by atoms with Gasteiger partial charge in [-0.3, -0.25) is 15.7 Å². The number of amidine groups is 2. The maximum absolute atomic E-state index is 9.57. The fourth-order valence-corrected chi connectivity index (χ4v) is 9.31. The molecule has 9 aromatic carbocycles. The zero-order valence-corrected chi connectivity index (χ0v) is 33.5. The first-order valence-electron chi connectivity index (χ1n) is 20.8. The van der Waals surface area contributed by atoms with Gasteiger partial charge in [0.05, 0.1) is 22.1 Å². The molecule has 0 radical (unpaired) electrons. The number of hydrogen-bond acceptors (Lipinski definition) is 3. The largest absolute Gasteiger partial charge is 0.456 e. The van der Waals surface area contributed by atoms with Gasteiger partial charge in [0.15, 0.2) is 0 Å². The molecule has 12 rings (SSSR count). The summed E-state index contributed by atoms with van der Waals surface area (Å²) in [4.78, 5) is 1.71. The van der Waals surface area contributed by atoms with Crippen molar-refractivity contribution in [2.75, 3.05) is 4.90 Å². The molecule has 62 heavy (non-hydrogen) atoms. The molecule has 0 aliphatic rings. The Morgan fingerprint density at radius 3 is 1.56 bits per heavy atom. The smallest absolute Gasteiger partial charge is 0.138 e. The molecule has 0 amide bonds. The Labute approximate surface area is 356 Å². The maximum atomic E-state index is 9.57. The van der Waals surface area contributed by atoms with Crippen molar-refractivity contribution in [2.45, 2.75) is 0 Å². The molecule has 2 N–H and O–H groups in total. The lowest BCUT2D eigenvalue weighted by Gasteiger charge is -2.26. The fraction of sp³-hybridized carbons (Fsp3) is 0. The number of nitrogens with zero attached hydrogens (tertiary/aromatic N) is 3. The number of aromatic nitrogens is 2. The summed E-state index contributed by atoms with van der Waals surface area (Å²) in [5.41, 5.74) is 12.7. The number of furan rings is 1. The molecular weight excluding hydrogens is 759 g/mol. The molecule has 0 fully saturated rings. The van der Waals surface area contributed by atoms with E-state index in [9.17, 15) is 10.8 Å². The van der Waals surface area contributed by atoms with E-state index < -0.39 is 0 Å². The topological polar surface area (TPSA) is 73.9 Å². The van der Waals surface area contributed by atoms with Crippen molar-refractivity contribution < 1.29 is 4.42 Å². The Bertz CT molecular complexity index is 3740. The fourth-order valence-electron chi connectivity index (χ4n) is 9.31. The molecule has 3 aromatic heterocycles. The number of benzene rings is 9. The molecule has 0 atom stereocenters. The minimum atomic E-state index is 0.232. The first-order valence-corrected chi connectivity index (χ1v) is 20.8. The first kappa shape index (κ1) is 35.5. The van der Waals surface area contributed by atoms with Crippen LogP contribution < -0.4 is 4.90 Å². The molecule has 6 nitrogen and oxygen atoms in total. The molecule has 292 valence electrons. The van der Waals surface area contributed by atoms with Crippen LogP contribution >= 0.6 is 0 Å². The average Bonchev–Trinajstić information content (AvgIpc) is 3.98. The van der Waals surface area contributed by atoms with E-state index in [1.165, 1.54) is 10.8 Å². The Hall–Kier alpha value is -8.48. The van der Waals surface area contributed by atoms with Crippen LogP contribution in [0, 0.1) is 10.8 Å². The van der Waals surface area contributed by atoms with Gasteiger partial charge in [0.25, 0.3) is 0 Å². The number of rotatable bonds is 6. The summed E-state index contributed by atoms with van der Waals surface area (Å²) in [7, 11) is 0. The van der Waals surface area contributed by atoms with E-state index in [-0.39, 0.29) is 11.7 Å². The summed E-state index contributed by atoms with van der Waals surface area (Å²) in [6, 6.07) is 72.9. The van der Waals surface area contributed by atoms with Crippen LogP contribution in [0.3, 0.4) is 0 Å². The second-order valence-electron chi connectivity index (χ2n) is 15.7. The molecular formula is C56H37N5O. The number of para-hydroxylation sites is 4. The van der Waals surface area contributed by atoms with Crippen molar-refractivity contribution >= 4 is 82.9 Å². The van der Waals surface area contributed by atoms with Crippen LogP contribution in [0.25, 0.3) is 88.1 Å². The van der Waals surface area contributed by atoms with Crippen molar-refractivity contribution in [3.05, 3.63) is 223 Å². The Balaban J connectivity index is 0.960. The highest BCUT2D eigenvalue weighted by atomic mass is 16.3. The van der Waals surface area contributed by atoms with Crippen molar-refractivity contribution in [3.63, 3.8) is 0 Å². The normalized spacial score (nSPS) is 11.7. The van der Waals surface area contributed by atoms with Gasteiger partial charge in [0.1, 0.15) is 22.8 Å². The zero-order chi connectivity index (χ0) is 41.3. The maximum Gasteiger partial charge on any atom is 0.138 e. The van der Waals surface area contributed by atoms with Crippen LogP contribution in [0.15, 0.2) is 217 Å². The summed E-state index contributed by atoms with van der Waals surface area (Å²) < 4.78 is 11.1. The van der Waals surface area contributed by atoms with Crippen molar-refractivity contribution in [1.82, 2.24) is 9.13 Å². The molecule has 0 aliphatic carbocycles. The lowest BCUT2D eigenvalue weighted by molar-refractivity contribution is 0.669. The number of fused-ring (bicyclic) bond motifs is 9. The van der Waals surface area contributed by atoms with Gasteiger partial charge in [-0.15, -0.1) is 0 Å². The lowest BCUT2D eigenvalue weighted by atomic mass is 10.0. The molecule has 3 heterocycles. The van der Waals surface area contributed by atoms with E-state index in [1.807, 2.05) is 78.9 Å². The number of anilines is 1. The SMILES string of the molecule is N=C(c1ccccc1)N(C(=N)c1ccc2c(c1)c1ccccc1n2-c1cccc(-c2cccc(-n3c4ccccc4c4cc5c(cc43)oc3ccccc35)c2)c1)c1ccccc1. The van der Waals surface area contributed by atoms with Gasteiger partial charge in [-0.2, -0.15) is 0 Å². The molecule has 12 aromatic rings. The highest BCUT2D eigenvalue weighted by Gasteiger charge is 2.23. The summed E-state index contributed by atoms with van der Waals surface area (Å²) in [5, 5.41) is 25.6. The summed E-state index contributed by atoms with van der Waals surface area (Å²) in [6.45, 7) is 0. The van der Waals surface area contributed by atoms with Gasteiger partial charge < -0.3 is 13.6 Å². The molecule has 0 aliphatic heterocycles. The van der Waals surface area contributed by atoms with Crippen molar-refractivity contribution in [1.29, 1.82) is 10.8 Å². The summed E-state index contributed by atoms with van der Waals surface area (Å²) >= 11 is 0. The summed E-state index contributed by atoms with van der Waals surface area (Å²) in [5.74, 6) is 0.475. The second-order valence-corrected chi connectivity index (χ2v) is 15.7. The standard InChI is InChI=1S/C56H37N5O/c57-55(36-15-3-1-4-16-36)61(40-19-5-2-6-20-40)56(58)39-29-30-51-46(33-39)43-23-7-10-26-49(43)59(51)41-21-13-17-37(31-41)38-18-14-22-42(32-38)60-50-27-11-8-24-44(50)47-34-48-45-25-9-12-28-53(45)62-54(48)35-52(47)60/h1-35,57-58H. The zero-order valence-electron chi connectivity index (χ0n) is 33.5. The van der Waals surface area contributed by atoms with Gasteiger partial charge in [-0.1, -0.05) is 127 Å². The highest BCUT2D eigenvalue weighted by molar-refractivity contribution is 6.28. The van der Waals surface area contributed by atoms with E-state index in [0.29, 0.717) is 0 Å². The average molecular weight is 796 g/mol. The minimum absolute atomic E-state index is 0.232. The van der Waals surface area contributed by atoms with Crippen LogP contribution in [0.5, 0.6) is 0 Å². The van der Waals surface area contributed by atoms with Crippen LogP contribution in [-0.4, -0.2) is 20.8 Å². The van der Waals surface area contributed by atoms with E-state index in [0.717, 1.165) is 94.1 Å². The summed E-state index contributed by atoms with van der Waals surface area (Å²) in [6.07, 6.45) is 0. The second kappa shape index (κ2) is 14.1. The van der Waals surface area contributed by atoms with Crippen LogP contribution in [-0.2, 0) is 0 Å². The lowest BCUT2D eigenvalue weighted by Crippen LogP contribution is -2.37. The third-order valence-electron chi connectivity index (χ3n) is 12.2. The third kappa shape index (κ3) is 5.58. The van der Waals surface area contributed by atoms with Gasteiger partial charge in [0, 0.05) is 66.6 Å². The van der Waals surface area contributed by atoms with Gasteiger partial charge in [0.2, 0.25) is 0 Å². The number of hydrogen-bond donors (Lipinski definition) is 2. The van der Waals surface area contributed by atoms with Gasteiger partial charge in [-0.05, 0) is 90.0 Å². The van der Waals surface area contributed by atoms with E-state index in [2.05, 4.69) is 143 Å². The third-order valence-corrected chi connectivity index (χ3v) is 12.2. The Kier molecular flexibility index (Phi) is 8.05. The Morgan fingerprint density at radius 2 is 0.887 bits per heavy atom. The Morgan fingerprint density at radius 1 is 0.355 bits per heavy atom. The molecule has 0 saturated heterocycles. The van der Waals surface area contributed by atoms with Gasteiger partial charge in [-0.25, -0.2) is 0 Å². The molecule has 6 heteroatoms. The number of nitrogens with one attached hydrogen (secondary N) is 2. The van der Waals surface area contributed by atoms with E-state index in [4.69, 9.17) is 4.42 Å².